The zero-order valence-corrected chi connectivity index (χ0v) is 14.0. The molecule has 22 heavy (non-hydrogen) atoms. The Morgan fingerprint density at radius 2 is 1.77 bits per heavy atom. The summed E-state index contributed by atoms with van der Waals surface area (Å²) in [6.07, 6.45) is 0.628. The summed E-state index contributed by atoms with van der Waals surface area (Å²) in [5.41, 5.74) is 7.05. The summed E-state index contributed by atoms with van der Waals surface area (Å²) in [6.45, 7) is 6.42. The molecule has 0 heterocycles. The highest BCUT2D eigenvalue weighted by Crippen LogP contribution is 2.15. The molecule has 7 heteroatoms. The molecule has 0 aliphatic rings. The first kappa shape index (κ1) is 20.2. The predicted octanol–water partition coefficient (Wildman–Crippen LogP) is 2.56. The highest BCUT2D eigenvalue weighted by atomic mass is 35.5. The Hall–Kier alpha value is -1.79. The van der Waals surface area contributed by atoms with Crippen molar-refractivity contribution in [1.29, 1.82) is 0 Å². The van der Waals surface area contributed by atoms with Gasteiger partial charge in [0.2, 0.25) is 5.91 Å². The van der Waals surface area contributed by atoms with Gasteiger partial charge >= 0.3 is 6.03 Å². The van der Waals surface area contributed by atoms with Crippen molar-refractivity contribution in [3.8, 4) is 0 Å². The maximum Gasteiger partial charge on any atom is 0.319 e. The van der Waals surface area contributed by atoms with Crippen LogP contribution < -0.4 is 21.7 Å². The molecule has 0 saturated carbocycles. The van der Waals surface area contributed by atoms with Gasteiger partial charge < -0.3 is 21.7 Å². The molecular weight excluding hydrogens is 304 g/mol. The van der Waals surface area contributed by atoms with Gasteiger partial charge in [-0.25, -0.2) is 4.79 Å². The van der Waals surface area contributed by atoms with E-state index >= 15 is 0 Å². The second-order valence-electron chi connectivity index (χ2n) is 5.29. The van der Waals surface area contributed by atoms with Crippen molar-refractivity contribution < 1.29 is 9.59 Å². The van der Waals surface area contributed by atoms with E-state index in [1.807, 2.05) is 20.8 Å². The highest BCUT2D eigenvalue weighted by Gasteiger charge is 2.15. The molecule has 3 amide bonds. The molecule has 0 aliphatic carbocycles. The van der Waals surface area contributed by atoms with Crippen molar-refractivity contribution in [3.05, 3.63) is 24.3 Å². The number of nitrogens with two attached hydrogens (primary N) is 1. The van der Waals surface area contributed by atoms with Gasteiger partial charge in [0.1, 0.15) is 0 Å². The molecule has 0 spiro atoms. The number of nitrogens with one attached hydrogen (secondary N) is 3. The molecule has 0 aromatic heterocycles. The molecule has 0 aliphatic heterocycles. The van der Waals surface area contributed by atoms with Crippen molar-refractivity contribution in [3.63, 3.8) is 0 Å². The first-order chi connectivity index (χ1) is 9.92. The van der Waals surface area contributed by atoms with Gasteiger partial charge in [0, 0.05) is 17.9 Å². The molecule has 0 bridgehead atoms. The van der Waals surface area contributed by atoms with Crippen LogP contribution in [0.5, 0.6) is 0 Å². The van der Waals surface area contributed by atoms with Crippen LogP contribution in [-0.4, -0.2) is 24.5 Å². The van der Waals surface area contributed by atoms with Gasteiger partial charge in [-0.05, 0) is 37.5 Å². The van der Waals surface area contributed by atoms with Crippen LogP contribution >= 0.6 is 12.4 Å². The molecule has 1 atom stereocenters. The Balaban J connectivity index is 0.00000441. The van der Waals surface area contributed by atoms with Crippen LogP contribution in [0, 0.1) is 5.92 Å². The van der Waals surface area contributed by atoms with Crippen LogP contribution in [0.15, 0.2) is 24.3 Å². The zero-order chi connectivity index (χ0) is 15.8. The first-order valence-electron chi connectivity index (χ1n) is 7.13. The molecular formula is C15H25ClN4O2. The predicted molar refractivity (Wildman–Crippen MR) is 92.4 cm³/mol. The van der Waals surface area contributed by atoms with E-state index < -0.39 is 6.04 Å². The minimum absolute atomic E-state index is 0. The summed E-state index contributed by atoms with van der Waals surface area (Å²) in [5.74, 6) is 0.135. The standard InChI is InChI=1S/C15H24N4O2.ClH/c1-4-17-15(21)19-12-7-5-6-11(9-12)18-14(20)13(16)8-10(2)3;/h5-7,9-10,13H,4,8,16H2,1-3H3,(H,18,20)(H2,17,19,21);1H/t13-;/m0./s1. The molecule has 0 fully saturated rings. The van der Waals surface area contributed by atoms with Gasteiger partial charge in [-0.2, -0.15) is 0 Å². The molecule has 0 unspecified atom stereocenters. The molecule has 5 N–H and O–H groups in total. The number of hydrogen-bond acceptors (Lipinski definition) is 3. The number of carbonyl (C=O) groups is 2. The average molecular weight is 329 g/mol. The first-order valence-corrected chi connectivity index (χ1v) is 7.13. The van der Waals surface area contributed by atoms with Crippen LogP contribution in [-0.2, 0) is 4.79 Å². The lowest BCUT2D eigenvalue weighted by Gasteiger charge is -2.14. The summed E-state index contributed by atoms with van der Waals surface area (Å²) in [6, 6.07) is 6.13. The molecule has 0 saturated heterocycles. The molecule has 1 aromatic carbocycles. The van der Waals surface area contributed by atoms with Crippen molar-refractivity contribution >= 4 is 35.7 Å². The lowest BCUT2D eigenvalue weighted by atomic mass is 10.0. The Bertz CT molecular complexity index is 494. The monoisotopic (exact) mass is 328 g/mol. The number of halogens is 1. The van der Waals surface area contributed by atoms with E-state index in [-0.39, 0.29) is 24.3 Å². The average Bonchev–Trinajstić information content (AvgIpc) is 2.38. The van der Waals surface area contributed by atoms with E-state index in [1.165, 1.54) is 0 Å². The zero-order valence-electron chi connectivity index (χ0n) is 13.2. The number of rotatable bonds is 6. The van der Waals surface area contributed by atoms with Gasteiger partial charge in [0.05, 0.1) is 6.04 Å². The summed E-state index contributed by atoms with van der Waals surface area (Å²) in [5, 5.41) is 8.08. The van der Waals surface area contributed by atoms with Gasteiger partial charge in [-0.15, -0.1) is 12.4 Å². The molecule has 1 aromatic rings. The quantitative estimate of drug-likeness (QED) is 0.646. The third-order valence-electron chi connectivity index (χ3n) is 2.79. The lowest BCUT2D eigenvalue weighted by Crippen LogP contribution is -2.36. The number of amides is 3. The largest absolute Gasteiger partial charge is 0.338 e. The van der Waals surface area contributed by atoms with Crippen LogP contribution in [0.2, 0.25) is 0 Å². The SMILES string of the molecule is CCNC(=O)Nc1cccc(NC(=O)[C@@H](N)CC(C)C)c1.Cl. The Labute approximate surface area is 137 Å². The number of anilines is 2. The number of hydrogen-bond donors (Lipinski definition) is 4. The van der Waals surface area contributed by atoms with Gasteiger partial charge in [0.25, 0.3) is 0 Å². The smallest absolute Gasteiger partial charge is 0.319 e. The second kappa shape index (κ2) is 10.0. The fourth-order valence-electron chi connectivity index (χ4n) is 1.86. The van der Waals surface area contributed by atoms with Crippen LogP contribution in [0.4, 0.5) is 16.2 Å². The highest BCUT2D eigenvalue weighted by molar-refractivity contribution is 5.96. The Morgan fingerprint density at radius 1 is 1.18 bits per heavy atom. The molecule has 6 nitrogen and oxygen atoms in total. The van der Waals surface area contributed by atoms with Crippen molar-refractivity contribution in [2.45, 2.75) is 33.2 Å². The van der Waals surface area contributed by atoms with Crippen LogP contribution in [0.1, 0.15) is 27.2 Å². The Kier molecular flexibility index (Phi) is 9.21. The fraction of sp³-hybridized carbons (Fsp3) is 0.467. The minimum Gasteiger partial charge on any atom is -0.338 e. The lowest BCUT2D eigenvalue weighted by molar-refractivity contribution is -0.117. The number of benzene rings is 1. The summed E-state index contributed by atoms with van der Waals surface area (Å²) >= 11 is 0. The van der Waals surface area contributed by atoms with Gasteiger partial charge in [0.15, 0.2) is 0 Å². The van der Waals surface area contributed by atoms with Gasteiger partial charge in [-0.3, -0.25) is 4.79 Å². The third kappa shape index (κ3) is 7.28. The topological polar surface area (TPSA) is 96.2 Å². The molecule has 0 radical (unpaired) electrons. The molecule has 1 rings (SSSR count). The van der Waals surface area contributed by atoms with E-state index in [2.05, 4.69) is 16.0 Å². The van der Waals surface area contributed by atoms with E-state index in [0.29, 0.717) is 30.3 Å². The van der Waals surface area contributed by atoms with E-state index in [4.69, 9.17) is 5.73 Å². The summed E-state index contributed by atoms with van der Waals surface area (Å²) in [4.78, 5) is 23.4. The second-order valence-corrected chi connectivity index (χ2v) is 5.29. The fourth-order valence-corrected chi connectivity index (χ4v) is 1.86. The van der Waals surface area contributed by atoms with Crippen molar-refractivity contribution in [2.24, 2.45) is 11.7 Å². The van der Waals surface area contributed by atoms with Crippen LogP contribution in [0.3, 0.4) is 0 Å². The van der Waals surface area contributed by atoms with E-state index in [1.54, 1.807) is 24.3 Å². The molecule has 124 valence electrons. The van der Waals surface area contributed by atoms with E-state index in [0.717, 1.165) is 0 Å². The third-order valence-corrected chi connectivity index (χ3v) is 2.79. The Morgan fingerprint density at radius 3 is 2.32 bits per heavy atom. The van der Waals surface area contributed by atoms with Gasteiger partial charge in [-0.1, -0.05) is 19.9 Å². The maximum absolute atomic E-state index is 11.9. The maximum atomic E-state index is 11.9. The van der Waals surface area contributed by atoms with Crippen molar-refractivity contribution in [2.75, 3.05) is 17.2 Å². The summed E-state index contributed by atoms with van der Waals surface area (Å²) in [7, 11) is 0. The van der Waals surface area contributed by atoms with Crippen molar-refractivity contribution in [1.82, 2.24) is 5.32 Å². The normalized spacial score (nSPS) is 11.3. The number of urea groups is 1. The van der Waals surface area contributed by atoms with Crippen LogP contribution in [0.25, 0.3) is 0 Å². The number of carbonyl (C=O) groups excluding carboxylic acids is 2. The minimum atomic E-state index is -0.537. The van der Waals surface area contributed by atoms with E-state index in [9.17, 15) is 9.59 Å². The summed E-state index contributed by atoms with van der Waals surface area (Å²) < 4.78 is 0.